The lowest BCUT2D eigenvalue weighted by Crippen LogP contribution is -2.27. The van der Waals surface area contributed by atoms with Crippen molar-refractivity contribution < 1.29 is 9.90 Å². The number of carbonyl (C=O) groups is 1. The summed E-state index contributed by atoms with van der Waals surface area (Å²) in [6.45, 7) is 9.18. The summed E-state index contributed by atoms with van der Waals surface area (Å²) in [6.07, 6.45) is 0. The van der Waals surface area contributed by atoms with Crippen LogP contribution in [0.4, 0.5) is 5.69 Å². The second kappa shape index (κ2) is 4.16. The lowest BCUT2D eigenvalue weighted by atomic mass is 9.95. The number of phenolic OH excluding ortho intramolecular Hbond substituents is 1. The summed E-state index contributed by atoms with van der Waals surface area (Å²) in [5, 5.41) is 12.6. The molecule has 1 aromatic carbocycles. The minimum atomic E-state index is -0.438. The van der Waals surface area contributed by atoms with Gasteiger partial charge in [-0.05, 0) is 25.5 Å². The van der Waals surface area contributed by atoms with Gasteiger partial charge in [-0.15, -0.1) is 0 Å². The molecule has 0 heterocycles. The van der Waals surface area contributed by atoms with Crippen LogP contribution in [0.15, 0.2) is 12.1 Å². The van der Waals surface area contributed by atoms with Gasteiger partial charge in [0.2, 0.25) is 5.91 Å². The molecule has 0 aliphatic carbocycles. The highest BCUT2D eigenvalue weighted by Crippen LogP contribution is 2.29. The van der Waals surface area contributed by atoms with Crippen molar-refractivity contribution in [1.29, 1.82) is 0 Å². The summed E-state index contributed by atoms with van der Waals surface area (Å²) in [5.74, 6) is 0.186. The molecular weight excluding hydrogens is 202 g/mol. The van der Waals surface area contributed by atoms with Crippen LogP contribution in [0.3, 0.4) is 0 Å². The van der Waals surface area contributed by atoms with Crippen molar-refractivity contribution in [1.82, 2.24) is 0 Å². The van der Waals surface area contributed by atoms with E-state index in [1.807, 2.05) is 33.8 Å². The molecule has 88 valence electrons. The molecule has 0 saturated carbocycles. The number of nitrogens with one attached hydrogen (secondary N) is 1. The average Bonchev–Trinajstić information content (AvgIpc) is 2.17. The van der Waals surface area contributed by atoms with E-state index in [9.17, 15) is 9.90 Å². The zero-order chi connectivity index (χ0) is 12.5. The monoisotopic (exact) mass is 221 g/mol. The molecule has 1 rings (SSSR count). The van der Waals surface area contributed by atoms with Gasteiger partial charge >= 0.3 is 0 Å². The summed E-state index contributed by atoms with van der Waals surface area (Å²) in [6, 6.07) is 3.61. The van der Waals surface area contributed by atoms with Crippen LogP contribution in [-0.4, -0.2) is 11.0 Å². The van der Waals surface area contributed by atoms with E-state index in [2.05, 4.69) is 5.32 Å². The van der Waals surface area contributed by atoms with Crippen molar-refractivity contribution in [2.75, 3.05) is 5.32 Å². The molecule has 1 aromatic rings. The van der Waals surface area contributed by atoms with Crippen LogP contribution >= 0.6 is 0 Å². The predicted octanol–water partition coefficient (Wildman–Crippen LogP) is 2.99. The van der Waals surface area contributed by atoms with Gasteiger partial charge in [-0.1, -0.05) is 26.8 Å². The SMILES string of the molecule is Cc1ccc(NC(=O)C(C)(C)C)c(C)c1O. The van der Waals surface area contributed by atoms with Gasteiger partial charge in [-0.2, -0.15) is 0 Å². The van der Waals surface area contributed by atoms with Gasteiger partial charge in [0.1, 0.15) is 5.75 Å². The molecule has 0 bridgehead atoms. The topological polar surface area (TPSA) is 49.3 Å². The molecule has 0 aromatic heterocycles. The highest BCUT2D eigenvalue weighted by atomic mass is 16.3. The molecule has 0 fully saturated rings. The molecule has 3 nitrogen and oxygen atoms in total. The van der Waals surface area contributed by atoms with Crippen LogP contribution in [0, 0.1) is 19.3 Å². The molecule has 0 spiro atoms. The number of carbonyl (C=O) groups excluding carboxylic acids is 1. The molecule has 1 amide bonds. The number of aromatic hydroxyl groups is 1. The summed E-state index contributed by atoms with van der Waals surface area (Å²) < 4.78 is 0. The van der Waals surface area contributed by atoms with Crippen molar-refractivity contribution >= 4 is 11.6 Å². The largest absolute Gasteiger partial charge is 0.507 e. The first-order chi connectivity index (χ1) is 7.23. The number of benzene rings is 1. The number of phenols is 1. The van der Waals surface area contributed by atoms with Gasteiger partial charge in [0, 0.05) is 16.7 Å². The van der Waals surface area contributed by atoms with E-state index in [0.29, 0.717) is 11.3 Å². The molecule has 0 unspecified atom stereocenters. The Morgan fingerprint density at radius 1 is 1.25 bits per heavy atom. The van der Waals surface area contributed by atoms with Crippen molar-refractivity contribution in [3.63, 3.8) is 0 Å². The second-order valence-electron chi connectivity index (χ2n) is 5.11. The first-order valence-electron chi connectivity index (χ1n) is 5.34. The van der Waals surface area contributed by atoms with Crippen LogP contribution < -0.4 is 5.32 Å². The van der Waals surface area contributed by atoms with E-state index in [-0.39, 0.29) is 11.7 Å². The normalized spacial score (nSPS) is 11.3. The van der Waals surface area contributed by atoms with Crippen LogP contribution in [0.1, 0.15) is 31.9 Å². The van der Waals surface area contributed by atoms with E-state index in [4.69, 9.17) is 0 Å². The van der Waals surface area contributed by atoms with Crippen molar-refractivity contribution in [2.24, 2.45) is 5.41 Å². The molecular formula is C13H19NO2. The molecule has 0 atom stereocenters. The first-order valence-corrected chi connectivity index (χ1v) is 5.34. The lowest BCUT2D eigenvalue weighted by molar-refractivity contribution is -0.123. The Balaban J connectivity index is 3.00. The number of hydrogen-bond donors (Lipinski definition) is 2. The molecule has 2 N–H and O–H groups in total. The Morgan fingerprint density at radius 2 is 1.81 bits per heavy atom. The minimum absolute atomic E-state index is 0.0566. The number of hydrogen-bond acceptors (Lipinski definition) is 2. The maximum atomic E-state index is 11.8. The Morgan fingerprint density at radius 3 is 2.31 bits per heavy atom. The van der Waals surface area contributed by atoms with Crippen LogP contribution in [0.2, 0.25) is 0 Å². The zero-order valence-electron chi connectivity index (χ0n) is 10.5. The molecule has 16 heavy (non-hydrogen) atoms. The van der Waals surface area contributed by atoms with E-state index in [0.717, 1.165) is 5.56 Å². The standard InChI is InChI=1S/C13H19NO2/c1-8-6-7-10(9(2)11(8)15)14-12(16)13(3,4)5/h6-7,15H,1-5H3,(H,14,16). The Labute approximate surface area is 96.5 Å². The highest BCUT2D eigenvalue weighted by Gasteiger charge is 2.22. The van der Waals surface area contributed by atoms with Crippen molar-refractivity contribution in [3.8, 4) is 5.75 Å². The third-order valence-corrected chi connectivity index (χ3v) is 2.56. The van der Waals surface area contributed by atoms with E-state index < -0.39 is 5.41 Å². The summed E-state index contributed by atoms with van der Waals surface area (Å²) >= 11 is 0. The highest BCUT2D eigenvalue weighted by molar-refractivity contribution is 5.95. The number of amides is 1. The first kappa shape index (κ1) is 12.6. The molecule has 0 aliphatic rings. The van der Waals surface area contributed by atoms with Gasteiger partial charge in [-0.25, -0.2) is 0 Å². The summed E-state index contributed by atoms with van der Waals surface area (Å²) in [5.41, 5.74) is 1.75. The fourth-order valence-electron chi connectivity index (χ4n) is 1.28. The summed E-state index contributed by atoms with van der Waals surface area (Å²) in [4.78, 5) is 11.8. The molecule has 0 aliphatic heterocycles. The number of aryl methyl sites for hydroxylation is 1. The molecule has 3 heteroatoms. The Kier molecular flexibility index (Phi) is 3.27. The van der Waals surface area contributed by atoms with E-state index in [1.165, 1.54) is 0 Å². The number of rotatable bonds is 1. The van der Waals surface area contributed by atoms with Gasteiger partial charge in [0.25, 0.3) is 0 Å². The van der Waals surface area contributed by atoms with Gasteiger partial charge in [-0.3, -0.25) is 4.79 Å². The molecule has 0 saturated heterocycles. The van der Waals surface area contributed by atoms with Crippen LogP contribution in [-0.2, 0) is 4.79 Å². The van der Waals surface area contributed by atoms with Crippen molar-refractivity contribution in [3.05, 3.63) is 23.3 Å². The maximum absolute atomic E-state index is 11.8. The van der Waals surface area contributed by atoms with E-state index >= 15 is 0 Å². The van der Waals surface area contributed by atoms with E-state index in [1.54, 1.807) is 13.0 Å². The van der Waals surface area contributed by atoms with Gasteiger partial charge in [0.15, 0.2) is 0 Å². The Bertz CT molecular complexity index is 417. The third-order valence-electron chi connectivity index (χ3n) is 2.56. The Hall–Kier alpha value is -1.51. The average molecular weight is 221 g/mol. The fourth-order valence-corrected chi connectivity index (χ4v) is 1.28. The molecule has 0 radical (unpaired) electrons. The zero-order valence-corrected chi connectivity index (χ0v) is 10.5. The third kappa shape index (κ3) is 2.54. The smallest absolute Gasteiger partial charge is 0.229 e. The lowest BCUT2D eigenvalue weighted by Gasteiger charge is -2.19. The fraction of sp³-hybridized carbons (Fsp3) is 0.462. The predicted molar refractivity (Wildman–Crippen MR) is 65.7 cm³/mol. The number of anilines is 1. The maximum Gasteiger partial charge on any atom is 0.229 e. The van der Waals surface area contributed by atoms with Crippen LogP contribution in [0.25, 0.3) is 0 Å². The van der Waals surface area contributed by atoms with Crippen molar-refractivity contribution in [2.45, 2.75) is 34.6 Å². The van der Waals surface area contributed by atoms with Gasteiger partial charge < -0.3 is 10.4 Å². The van der Waals surface area contributed by atoms with Gasteiger partial charge in [0.05, 0.1) is 0 Å². The van der Waals surface area contributed by atoms with Crippen LogP contribution in [0.5, 0.6) is 5.75 Å². The minimum Gasteiger partial charge on any atom is -0.507 e. The summed E-state index contributed by atoms with van der Waals surface area (Å²) in [7, 11) is 0. The second-order valence-corrected chi connectivity index (χ2v) is 5.11. The quantitative estimate of drug-likeness (QED) is 0.766.